The number of rotatable bonds is 4. The molecule has 4 amide bonds. The molecule has 1 heterocycles. The molecule has 0 aromatic rings. The average molecular weight is 347 g/mol. The molecular weight excluding hydrogens is 318 g/mol. The Morgan fingerprint density at radius 2 is 2.12 bits per heavy atom. The third kappa shape index (κ3) is 3.18. The summed E-state index contributed by atoms with van der Waals surface area (Å²) in [6.45, 7) is 4.36. The zero-order chi connectivity index (χ0) is 18.0. The molecule has 3 aliphatic rings. The van der Waals surface area contributed by atoms with Crippen LogP contribution in [0.1, 0.15) is 65.2 Å². The molecule has 2 fully saturated rings. The van der Waals surface area contributed by atoms with E-state index in [0.29, 0.717) is 13.0 Å². The van der Waals surface area contributed by atoms with Gasteiger partial charge in [-0.05, 0) is 51.4 Å². The number of allylic oxidation sites excluding steroid dienone is 2. The van der Waals surface area contributed by atoms with Gasteiger partial charge in [-0.3, -0.25) is 14.5 Å². The fourth-order valence-electron chi connectivity index (χ4n) is 4.47. The quantitative estimate of drug-likeness (QED) is 0.795. The molecule has 1 saturated carbocycles. The van der Waals surface area contributed by atoms with E-state index in [-0.39, 0.29) is 24.3 Å². The van der Waals surface area contributed by atoms with Gasteiger partial charge in [0, 0.05) is 12.2 Å². The number of amides is 4. The molecule has 138 valence electrons. The summed E-state index contributed by atoms with van der Waals surface area (Å²) in [6, 6.07) is -0.416. The summed E-state index contributed by atoms with van der Waals surface area (Å²) in [5.41, 5.74) is 0.239. The van der Waals surface area contributed by atoms with E-state index in [9.17, 15) is 14.4 Å². The zero-order valence-corrected chi connectivity index (χ0v) is 15.3. The number of carbonyl (C=O) groups excluding carboxylic acids is 3. The molecule has 6 heteroatoms. The van der Waals surface area contributed by atoms with Crippen LogP contribution in [0.2, 0.25) is 0 Å². The highest BCUT2D eigenvalue weighted by atomic mass is 16.2. The molecule has 6 nitrogen and oxygen atoms in total. The molecule has 1 saturated heterocycles. The number of nitrogens with one attached hydrogen (secondary N) is 1. The van der Waals surface area contributed by atoms with Gasteiger partial charge in [0.2, 0.25) is 5.91 Å². The van der Waals surface area contributed by atoms with Crippen LogP contribution in [0, 0.1) is 5.92 Å². The van der Waals surface area contributed by atoms with Gasteiger partial charge in [-0.2, -0.15) is 0 Å². The van der Waals surface area contributed by atoms with E-state index in [1.807, 2.05) is 13.8 Å². The molecule has 3 rings (SSSR count). The topological polar surface area (TPSA) is 69.7 Å². The standard InChI is InChI=1S/C19H29N3O3/c1-3-21(15-10-5-4-6-11-15)16(23)13-22-17(24)19(20-18(22)25)12-8-7-9-14(19)2/h10,14H,3-9,11-13H2,1-2H3,(H,20,25)/t14-,19+/m0/s1. The molecule has 0 bridgehead atoms. The smallest absolute Gasteiger partial charge is 0.323 e. The minimum atomic E-state index is -0.795. The van der Waals surface area contributed by atoms with Crippen molar-refractivity contribution >= 4 is 17.8 Å². The summed E-state index contributed by atoms with van der Waals surface area (Å²) in [7, 11) is 0. The first kappa shape index (κ1) is 18.0. The Bertz CT molecular complexity index is 601. The maximum atomic E-state index is 13.0. The molecule has 0 unspecified atom stereocenters. The van der Waals surface area contributed by atoms with Gasteiger partial charge in [-0.15, -0.1) is 0 Å². The summed E-state index contributed by atoms with van der Waals surface area (Å²) in [5, 5.41) is 2.91. The molecule has 1 spiro atoms. The fraction of sp³-hybridized carbons (Fsp3) is 0.737. The van der Waals surface area contributed by atoms with Crippen LogP contribution in [0.4, 0.5) is 4.79 Å². The molecule has 0 radical (unpaired) electrons. The van der Waals surface area contributed by atoms with Gasteiger partial charge < -0.3 is 10.2 Å². The molecule has 2 aliphatic carbocycles. The SMILES string of the molecule is CCN(C(=O)CN1C(=O)N[C@@]2(CCCC[C@@H]2C)C1=O)C1=CCCCC1. The van der Waals surface area contributed by atoms with Crippen molar-refractivity contribution in [3.05, 3.63) is 11.8 Å². The number of hydrogen-bond acceptors (Lipinski definition) is 3. The Balaban J connectivity index is 1.73. The molecular formula is C19H29N3O3. The molecule has 0 aromatic carbocycles. The highest BCUT2D eigenvalue weighted by molar-refractivity contribution is 6.09. The van der Waals surface area contributed by atoms with E-state index in [1.165, 1.54) is 0 Å². The number of nitrogens with zero attached hydrogens (tertiary/aromatic N) is 2. The van der Waals surface area contributed by atoms with Crippen molar-refractivity contribution in [2.24, 2.45) is 5.92 Å². The maximum Gasteiger partial charge on any atom is 0.325 e. The number of likely N-dealkylation sites (N-methyl/N-ethyl adjacent to an activating group) is 1. The van der Waals surface area contributed by atoms with Crippen LogP contribution in [-0.2, 0) is 9.59 Å². The zero-order valence-electron chi connectivity index (χ0n) is 15.3. The second kappa shape index (κ2) is 7.18. The van der Waals surface area contributed by atoms with Gasteiger partial charge in [0.25, 0.3) is 5.91 Å². The van der Waals surface area contributed by atoms with E-state index >= 15 is 0 Å². The third-order valence-corrected chi connectivity index (χ3v) is 6.03. The predicted molar refractivity (Wildman–Crippen MR) is 94.5 cm³/mol. The van der Waals surface area contributed by atoms with E-state index in [4.69, 9.17) is 0 Å². The first-order chi connectivity index (χ1) is 12.0. The van der Waals surface area contributed by atoms with Gasteiger partial charge in [-0.1, -0.05) is 25.8 Å². The maximum absolute atomic E-state index is 13.0. The Morgan fingerprint density at radius 3 is 2.76 bits per heavy atom. The Hall–Kier alpha value is -1.85. The van der Waals surface area contributed by atoms with Crippen molar-refractivity contribution in [1.82, 2.24) is 15.1 Å². The molecule has 0 aromatic heterocycles. The fourth-order valence-corrected chi connectivity index (χ4v) is 4.47. The van der Waals surface area contributed by atoms with Gasteiger partial charge in [0.1, 0.15) is 12.1 Å². The van der Waals surface area contributed by atoms with Gasteiger partial charge in [-0.25, -0.2) is 4.79 Å². The van der Waals surface area contributed by atoms with Crippen LogP contribution >= 0.6 is 0 Å². The van der Waals surface area contributed by atoms with Crippen LogP contribution in [0.25, 0.3) is 0 Å². The minimum Gasteiger partial charge on any atom is -0.323 e. The van der Waals surface area contributed by atoms with Crippen molar-refractivity contribution in [3.63, 3.8) is 0 Å². The summed E-state index contributed by atoms with van der Waals surface area (Å²) >= 11 is 0. The lowest BCUT2D eigenvalue weighted by Crippen LogP contribution is -2.54. The normalized spacial score (nSPS) is 29.6. The lowest BCUT2D eigenvalue weighted by atomic mass is 9.73. The minimum absolute atomic E-state index is 0.112. The van der Waals surface area contributed by atoms with Gasteiger partial charge >= 0.3 is 6.03 Å². The largest absolute Gasteiger partial charge is 0.325 e. The lowest BCUT2D eigenvalue weighted by Gasteiger charge is -2.37. The third-order valence-electron chi connectivity index (χ3n) is 6.03. The van der Waals surface area contributed by atoms with Crippen molar-refractivity contribution in [2.75, 3.05) is 13.1 Å². The molecule has 1 aliphatic heterocycles. The van der Waals surface area contributed by atoms with Gasteiger partial charge in [0.05, 0.1) is 0 Å². The molecule has 25 heavy (non-hydrogen) atoms. The predicted octanol–water partition coefficient (Wildman–Crippen LogP) is 2.79. The Labute approximate surface area is 149 Å². The second-order valence-electron chi connectivity index (χ2n) is 7.52. The van der Waals surface area contributed by atoms with E-state index in [1.54, 1.807) is 4.90 Å². The van der Waals surface area contributed by atoms with Crippen molar-refractivity contribution < 1.29 is 14.4 Å². The lowest BCUT2D eigenvalue weighted by molar-refractivity contribution is -0.139. The number of carbonyl (C=O) groups is 3. The summed E-state index contributed by atoms with van der Waals surface area (Å²) in [6.07, 6.45) is 9.86. The van der Waals surface area contributed by atoms with E-state index in [0.717, 1.165) is 55.5 Å². The number of urea groups is 1. The first-order valence-electron chi connectivity index (χ1n) is 9.63. The highest BCUT2D eigenvalue weighted by Gasteiger charge is 2.55. The van der Waals surface area contributed by atoms with Crippen molar-refractivity contribution in [1.29, 1.82) is 0 Å². The first-order valence-corrected chi connectivity index (χ1v) is 9.63. The van der Waals surface area contributed by atoms with Crippen LogP contribution in [0.15, 0.2) is 11.8 Å². The van der Waals surface area contributed by atoms with Crippen LogP contribution in [-0.4, -0.2) is 46.3 Å². The second-order valence-corrected chi connectivity index (χ2v) is 7.52. The number of hydrogen-bond donors (Lipinski definition) is 1. The summed E-state index contributed by atoms with van der Waals surface area (Å²) in [5.74, 6) is -0.271. The summed E-state index contributed by atoms with van der Waals surface area (Å²) in [4.78, 5) is 41.1. The summed E-state index contributed by atoms with van der Waals surface area (Å²) < 4.78 is 0. The van der Waals surface area contributed by atoms with Crippen LogP contribution in [0.5, 0.6) is 0 Å². The molecule has 1 N–H and O–H groups in total. The molecule has 2 atom stereocenters. The van der Waals surface area contributed by atoms with Crippen LogP contribution < -0.4 is 5.32 Å². The highest BCUT2D eigenvalue weighted by Crippen LogP contribution is 2.38. The van der Waals surface area contributed by atoms with E-state index in [2.05, 4.69) is 11.4 Å². The van der Waals surface area contributed by atoms with Crippen molar-refractivity contribution in [3.8, 4) is 0 Å². The van der Waals surface area contributed by atoms with Crippen LogP contribution in [0.3, 0.4) is 0 Å². The average Bonchev–Trinajstić information content (AvgIpc) is 2.84. The Kier molecular flexibility index (Phi) is 5.16. The van der Waals surface area contributed by atoms with Gasteiger partial charge in [0.15, 0.2) is 0 Å². The van der Waals surface area contributed by atoms with Crippen molar-refractivity contribution in [2.45, 2.75) is 70.8 Å². The number of imide groups is 1. The van der Waals surface area contributed by atoms with E-state index < -0.39 is 11.6 Å². The monoisotopic (exact) mass is 347 g/mol. The Morgan fingerprint density at radius 1 is 1.32 bits per heavy atom.